The summed E-state index contributed by atoms with van der Waals surface area (Å²) in [5.74, 6) is -0.292. The van der Waals surface area contributed by atoms with Crippen LogP contribution in [0.5, 0.6) is 0 Å². The fraction of sp³-hybridized carbons (Fsp3) is 0.533. The predicted molar refractivity (Wildman–Crippen MR) is 134 cm³/mol. The van der Waals surface area contributed by atoms with Gasteiger partial charge in [0, 0.05) is 41.8 Å². The number of rotatable bonds is 2. The van der Waals surface area contributed by atoms with Crippen LogP contribution in [0.15, 0.2) is 48.5 Å². The lowest BCUT2D eigenvalue weighted by atomic mass is 9.60. The highest BCUT2D eigenvalue weighted by atomic mass is 19.1. The zero-order chi connectivity index (χ0) is 25.3. The molecule has 37 heavy (non-hydrogen) atoms. The molecule has 4 saturated heterocycles. The molecule has 0 bridgehead atoms. The molecule has 7 heteroatoms. The Bertz CT molecular complexity index is 1110. The standard InChI is InChI=1S/C30H33F2N3O2/c31-18-8-4-16(5-9-18)24-14-12-22-27(36)20-2-1-3-21-26(20)35(29(22)33-24)30-23(28(21)37)13-15-25(34-30)17-6-10-19(32)11-7-17/h4-11,20-26,29-30,33-34H,1-3,12-15H2. The van der Waals surface area contributed by atoms with Gasteiger partial charge < -0.3 is 0 Å². The molecular weight excluding hydrogens is 472 g/mol. The molecule has 8 atom stereocenters. The van der Waals surface area contributed by atoms with Crippen LogP contribution in [0.1, 0.15) is 68.2 Å². The van der Waals surface area contributed by atoms with E-state index in [0.717, 1.165) is 56.1 Å². The number of hydrogen-bond donors (Lipinski definition) is 2. The average Bonchev–Trinajstić information content (AvgIpc) is 2.93. The number of piperidine rings is 4. The van der Waals surface area contributed by atoms with E-state index in [0.29, 0.717) is 11.6 Å². The number of halogens is 2. The first-order valence-electron chi connectivity index (χ1n) is 13.9. The molecule has 4 aliphatic heterocycles. The molecule has 0 aromatic heterocycles. The Balaban J connectivity index is 1.26. The second-order valence-corrected chi connectivity index (χ2v) is 11.7. The summed E-state index contributed by atoms with van der Waals surface area (Å²) in [6.07, 6.45) is 5.53. The van der Waals surface area contributed by atoms with Crippen molar-refractivity contribution in [2.75, 3.05) is 0 Å². The summed E-state index contributed by atoms with van der Waals surface area (Å²) in [5, 5.41) is 7.60. The third kappa shape index (κ3) is 3.81. The van der Waals surface area contributed by atoms with Gasteiger partial charge in [-0.2, -0.15) is 0 Å². The van der Waals surface area contributed by atoms with Crippen LogP contribution in [0, 0.1) is 35.3 Å². The van der Waals surface area contributed by atoms with E-state index in [-0.39, 0.29) is 65.8 Å². The Morgan fingerprint density at radius 3 is 1.46 bits per heavy atom. The maximum atomic E-state index is 13.8. The Labute approximate surface area is 216 Å². The molecule has 5 fully saturated rings. The summed E-state index contributed by atoms with van der Waals surface area (Å²) < 4.78 is 27.2. The monoisotopic (exact) mass is 505 g/mol. The van der Waals surface area contributed by atoms with Crippen molar-refractivity contribution >= 4 is 11.6 Å². The normalized spacial score (nSPS) is 39.5. The van der Waals surface area contributed by atoms with Gasteiger partial charge in [-0.05, 0) is 73.9 Å². The third-order valence-electron chi connectivity index (χ3n) is 9.89. The van der Waals surface area contributed by atoms with E-state index < -0.39 is 0 Å². The number of ketones is 2. The Kier molecular flexibility index (Phi) is 5.79. The first-order valence-corrected chi connectivity index (χ1v) is 13.9. The lowest BCUT2D eigenvalue weighted by Gasteiger charge is -2.63. The van der Waals surface area contributed by atoms with Crippen LogP contribution < -0.4 is 10.6 Å². The Hall–Kier alpha value is -2.48. The van der Waals surface area contributed by atoms with Crippen LogP contribution in [0.3, 0.4) is 0 Å². The van der Waals surface area contributed by atoms with E-state index in [9.17, 15) is 18.4 Å². The van der Waals surface area contributed by atoms with Gasteiger partial charge in [-0.25, -0.2) is 8.78 Å². The number of hydrogen-bond acceptors (Lipinski definition) is 5. The second kappa shape index (κ2) is 9.07. The second-order valence-electron chi connectivity index (χ2n) is 11.7. The molecule has 7 rings (SSSR count). The van der Waals surface area contributed by atoms with Gasteiger partial charge in [0.2, 0.25) is 0 Å². The number of Topliss-reactive ketones (excluding diaryl/α,β-unsaturated/α-hetero) is 2. The molecule has 1 aliphatic carbocycles. The lowest BCUT2D eigenvalue weighted by Crippen LogP contribution is -2.78. The summed E-state index contributed by atoms with van der Waals surface area (Å²) >= 11 is 0. The number of fused-ring (bicyclic) bond motifs is 4. The minimum atomic E-state index is -0.256. The van der Waals surface area contributed by atoms with Gasteiger partial charge in [0.1, 0.15) is 23.2 Å². The molecule has 2 aromatic carbocycles. The average molecular weight is 506 g/mol. The van der Waals surface area contributed by atoms with Gasteiger partial charge in [0.25, 0.3) is 0 Å². The highest BCUT2D eigenvalue weighted by molar-refractivity contribution is 5.91. The first kappa shape index (κ1) is 23.6. The minimum Gasteiger partial charge on any atom is -0.299 e. The largest absolute Gasteiger partial charge is 0.299 e. The Morgan fingerprint density at radius 1 is 0.595 bits per heavy atom. The van der Waals surface area contributed by atoms with Crippen LogP contribution in [0.4, 0.5) is 8.78 Å². The summed E-state index contributed by atoms with van der Waals surface area (Å²) in [7, 11) is 0. The van der Waals surface area contributed by atoms with E-state index in [4.69, 9.17) is 0 Å². The van der Waals surface area contributed by atoms with Crippen molar-refractivity contribution in [1.82, 2.24) is 15.5 Å². The number of nitrogens with one attached hydrogen (secondary N) is 2. The molecule has 0 amide bonds. The van der Waals surface area contributed by atoms with Crippen molar-refractivity contribution in [1.29, 1.82) is 0 Å². The van der Waals surface area contributed by atoms with Crippen molar-refractivity contribution in [2.24, 2.45) is 23.7 Å². The van der Waals surface area contributed by atoms with E-state index in [1.54, 1.807) is 0 Å². The zero-order valence-corrected chi connectivity index (χ0v) is 20.8. The SMILES string of the molecule is O=C1C2CCC(c3ccc(F)cc3)NC2N2C3NC(c4ccc(F)cc4)CCC3C(=O)C3CCCC1C32. The molecular formula is C30H33F2N3O2. The maximum Gasteiger partial charge on any atom is 0.143 e. The highest BCUT2D eigenvalue weighted by Crippen LogP contribution is 2.51. The third-order valence-corrected chi connectivity index (χ3v) is 9.89. The topological polar surface area (TPSA) is 61.4 Å². The smallest absolute Gasteiger partial charge is 0.143 e. The maximum absolute atomic E-state index is 13.8. The predicted octanol–water partition coefficient (Wildman–Crippen LogP) is 4.65. The van der Waals surface area contributed by atoms with Crippen molar-refractivity contribution < 1.29 is 18.4 Å². The summed E-state index contributed by atoms with van der Waals surface area (Å²) in [4.78, 5) is 30.1. The van der Waals surface area contributed by atoms with E-state index in [1.165, 1.54) is 24.3 Å². The van der Waals surface area contributed by atoms with E-state index in [1.807, 2.05) is 24.3 Å². The molecule has 194 valence electrons. The zero-order valence-electron chi connectivity index (χ0n) is 20.8. The van der Waals surface area contributed by atoms with Crippen molar-refractivity contribution in [3.63, 3.8) is 0 Å². The molecule has 5 nitrogen and oxygen atoms in total. The quantitative estimate of drug-likeness (QED) is 0.622. The molecule has 2 N–H and O–H groups in total. The van der Waals surface area contributed by atoms with Gasteiger partial charge in [-0.3, -0.25) is 25.1 Å². The fourth-order valence-corrected chi connectivity index (χ4v) is 8.23. The lowest BCUT2D eigenvalue weighted by molar-refractivity contribution is -0.180. The van der Waals surface area contributed by atoms with E-state index in [2.05, 4.69) is 15.5 Å². The van der Waals surface area contributed by atoms with Gasteiger partial charge in [0.05, 0.1) is 12.3 Å². The van der Waals surface area contributed by atoms with Gasteiger partial charge in [-0.1, -0.05) is 30.7 Å². The number of carbonyl (C=O) groups is 2. The molecule has 1 saturated carbocycles. The van der Waals surface area contributed by atoms with Gasteiger partial charge >= 0.3 is 0 Å². The summed E-state index contributed by atoms with van der Waals surface area (Å²) in [6, 6.07) is 13.3. The first-order chi connectivity index (χ1) is 18.0. The number of carbonyl (C=O) groups excluding carboxylic acids is 2. The molecule has 2 aromatic rings. The molecule has 5 aliphatic rings. The van der Waals surface area contributed by atoms with Crippen LogP contribution in [-0.2, 0) is 9.59 Å². The molecule has 0 radical (unpaired) electrons. The molecule has 4 heterocycles. The Morgan fingerprint density at radius 2 is 1.03 bits per heavy atom. The van der Waals surface area contributed by atoms with Crippen LogP contribution >= 0.6 is 0 Å². The van der Waals surface area contributed by atoms with Crippen molar-refractivity contribution in [3.05, 3.63) is 71.3 Å². The molecule has 8 unspecified atom stereocenters. The summed E-state index contributed by atoms with van der Waals surface area (Å²) in [5.41, 5.74) is 2.06. The summed E-state index contributed by atoms with van der Waals surface area (Å²) in [6.45, 7) is 0. The van der Waals surface area contributed by atoms with Gasteiger partial charge in [0.15, 0.2) is 0 Å². The fourth-order valence-electron chi connectivity index (χ4n) is 8.23. The van der Waals surface area contributed by atoms with Crippen LogP contribution in [0.2, 0.25) is 0 Å². The van der Waals surface area contributed by atoms with Crippen LogP contribution in [0.25, 0.3) is 0 Å². The minimum absolute atomic E-state index is 0.0285. The highest BCUT2D eigenvalue weighted by Gasteiger charge is 2.61. The molecule has 0 spiro atoms. The number of nitrogens with zero attached hydrogens (tertiary/aromatic N) is 1. The van der Waals surface area contributed by atoms with E-state index >= 15 is 0 Å². The van der Waals surface area contributed by atoms with Crippen molar-refractivity contribution in [3.8, 4) is 0 Å². The van der Waals surface area contributed by atoms with Crippen molar-refractivity contribution in [2.45, 2.75) is 75.4 Å². The van der Waals surface area contributed by atoms with Gasteiger partial charge in [-0.15, -0.1) is 0 Å². The van der Waals surface area contributed by atoms with Crippen LogP contribution in [-0.4, -0.2) is 34.8 Å². The number of benzene rings is 2.